The van der Waals surface area contributed by atoms with Crippen molar-refractivity contribution in [3.8, 4) is 0 Å². The summed E-state index contributed by atoms with van der Waals surface area (Å²) in [5, 5.41) is 0. The van der Waals surface area contributed by atoms with Gasteiger partial charge in [-0.15, -0.1) is 0 Å². The summed E-state index contributed by atoms with van der Waals surface area (Å²) in [6.07, 6.45) is -2.05. The summed E-state index contributed by atoms with van der Waals surface area (Å²) in [5.74, 6) is -0.831. The third kappa shape index (κ3) is 6.20. The maximum atomic E-state index is 13.0. The maximum Gasteiger partial charge on any atom is 0.406 e. The predicted molar refractivity (Wildman–Crippen MR) is 100 cm³/mol. The largest absolute Gasteiger partial charge is 0.406 e. The SMILES string of the molecule is CC(C)(C)CN(CC(F)(F)F)C(=O)c1cccc(S(=O)(=O)N2CCCCC2)c1. The first-order chi connectivity index (χ1) is 12.8. The molecule has 0 aliphatic carbocycles. The van der Waals surface area contributed by atoms with Gasteiger partial charge in [0.2, 0.25) is 10.0 Å². The number of nitrogens with zero attached hydrogens (tertiary/aromatic N) is 2. The Kier molecular flexibility index (Phi) is 6.81. The highest BCUT2D eigenvalue weighted by atomic mass is 32.2. The first kappa shape index (κ1) is 22.7. The Morgan fingerprint density at radius 3 is 2.21 bits per heavy atom. The minimum atomic E-state index is -4.54. The van der Waals surface area contributed by atoms with Crippen LogP contribution < -0.4 is 0 Å². The van der Waals surface area contributed by atoms with Gasteiger partial charge < -0.3 is 4.90 Å². The molecule has 158 valence electrons. The summed E-state index contributed by atoms with van der Waals surface area (Å²) in [5.41, 5.74) is -0.607. The number of piperidine rings is 1. The molecule has 1 saturated heterocycles. The summed E-state index contributed by atoms with van der Waals surface area (Å²) in [6.45, 7) is 4.54. The quantitative estimate of drug-likeness (QED) is 0.726. The summed E-state index contributed by atoms with van der Waals surface area (Å²) in [7, 11) is -3.77. The second-order valence-electron chi connectivity index (χ2n) is 8.33. The lowest BCUT2D eigenvalue weighted by Crippen LogP contribution is -2.43. The van der Waals surface area contributed by atoms with Crippen LogP contribution in [-0.2, 0) is 10.0 Å². The number of carbonyl (C=O) groups excluding carboxylic acids is 1. The van der Waals surface area contributed by atoms with Gasteiger partial charge >= 0.3 is 6.18 Å². The van der Waals surface area contributed by atoms with Crippen LogP contribution in [0.2, 0.25) is 0 Å². The van der Waals surface area contributed by atoms with Crippen molar-refractivity contribution in [3.05, 3.63) is 29.8 Å². The number of alkyl halides is 3. The number of benzene rings is 1. The first-order valence-electron chi connectivity index (χ1n) is 9.26. The molecule has 0 unspecified atom stereocenters. The van der Waals surface area contributed by atoms with Crippen LogP contribution in [0.25, 0.3) is 0 Å². The number of halogens is 3. The molecule has 0 saturated carbocycles. The molecule has 1 aliphatic rings. The minimum Gasteiger partial charge on any atom is -0.329 e. The van der Waals surface area contributed by atoms with Crippen molar-refractivity contribution >= 4 is 15.9 Å². The monoisotopic (exact) mass is 420 g/mol. The highest BCUT2D eigenvalue weighted by Crippen LogP contribution is 2.25. The average molecular weight is 420 g/mol. The van der Waals surface area contributed by atoms with E-state index in [1.54, 1.807) is 20.8 Å². The third-order valence-electron chi connectivity index (χ3n) is 4.36. The average Bonchev–Trinajstić information content (AvgIpc) is 2.59. The van der Waals surface area contributed by atoms with Gasteiger partial charge in [0, 0.05) is 25.2 Å². The van der Waals surface area contributed by atoms with Gasteiger partial charge in [0.1, 0.15) is 6.54 Å². The Balaban J connectivity index is 2.32. The van der Waals surface area contributed by atoms with E-state index < -0.39 is 34.1 Å². The van der Waals surface area contributed by atoms with E-state index in [2.05, 4.69) is 0 Å². The Hall–Kier alpha value is -1.61. The van der Waals surface area contributed by atoms with Gasteiger partial charge in [-0.05, 0) is 36.5 Å². The van der Waals surface area contributed by atoms with Crippen LogP contribution in [0, 0.1) is 5.41 Å². The highest BCUT2D eigenvalue weighted by Gasteiger charge is 2.35. The predicted octanol–water partition coefficient (Wildman–Crippen LogP) is 3.91. The summed E-state index contributed by atoms with van der Waals surface area (Å²) >= 11 is 0. The maximum absolute atomic E-state index is 13.0. The van der Waals surface area contributed by atoms with Crippen molar-refractivity contribution < 1.29 is 26.4 Å². The van der Waals surface area contributed by atoms with E-state index in [0.29, 0.717) is 13.1 Å². The fraction of sp³-hybridized carbons (Fsp3) is 0.632. The van der Waals surface area contributed by atoms with Gasteiger partial charge in [-0.3, -0.25) is 4.79 Å². The molecule has 1 aliphatic heterocycles. The zero-order chi connectivity index (χ0) is 21.2. The first-order valence-corrected chi connectivity index (χ1v) is 10.7. The van der Waals surface area contributed by atoms with Crippen LogP contribution in [0.5, 0.6) is 0 Å². The van der Waals surface area contributed by atoms with E-state index in [4.69, 9.17) is 0 Å². The molecule has 0 aromatic heterocycles. The fourth-order valence-corrected chi connectivity index (χ4v) is 4.78. The topological polar surface area (TPSA) is 57.7 Å². The molecule has 1 amide bonds. The Bertz CT molecular complexity index is 779. The molecular weight excluding hydrogens is 393 g/mol. The second kappa shape index (κ2) is 8.41. The van der Waals surface area contributed by atoms with Gasteiger partial charge in [-0.1, -0.05) is 33.3 Å². The molecule has 0 N–H and O–H groups in total. The molecule has 1 heterocycles. The lowest BCUT2D eigenvalue weighted by molar-refractivity contribution is -0.142. The molecule has 5 nitrogen and oxygen atoms in total. The number of carbonyl (C=O) groups is 1. The van der Waals surface area contributed by atoms with Crippen LogP contribution in [0.3, 0.4) is 0 Å². The number of hydrogen-bond acceptors (Lipinski definition) is 3. The van der Waals surface area contributed by atoms with Crippen molar-refractivity contribution in [2.75, 3.05) is 26.2 Å². The number of hydrogen-bond donors (Lipinski definition) is 0. The van der Waals surface area contributed by atoms with Gasteiger partial charge in [-0.2, -0.15) is 17.5 Å². The number of sulfonamides is 1. The van der Waals surface area contributed by atoms with Crippen LogP contribution in [0.15, 0.2) is 29.2 Å². The van der Waals surface area contributed by atoms with E-state index in [1.165, 1.54) is 28.6 Å². The molecule has 0 bridgehead atoms. The standard InChI is InChI=1S/C19H27F3N2O3S/c1-18(2,3)13-23(14-19(20,21)22)17(25)15-8-7-9-16(12-15)28(26,27)24-10-5-4-6-11-24/h7-9,12H,4-6,10-11,13-14H2,1-3H3. The molecule has 1 aromatic carbocycles. The zero-order valence-corrected chi connectivity index (χ0v) is 17.2. The summed E-state index contributed by atoms with van der Waals surface area (Å²) in [6, 6.07) is 5.30. The molecule has 0 spiro atoms. The van der Waals surface area contributed by atoms with Crippen LogP contribution in [0.1, 0.15) is 50.4 Å². The van der Waals surface area contributed by atoms with Gasteiger partial charge in [0.25, 0.3) is 5.91 Å². The smallest absolute Gasteiger partial charge is 0.329 e. The van der Waals surface area contributed by atoms with Gasteiger partial charge in [0.15, 0.2) is 0 Å². The minimum absolute atomic E-state index is 0.0633. The summed E-state index contributed by atoms with van der Waals surface area (Å²) < 4.78 is 65.9. The second-order valence-corrected chi connectivity index (χ2v) is 10.3. The van der Waals surface area contributed by atoms with Crippen molar-refractivity contribution in [1.29, 1.82) is 0 Å². The van der Waals surface area contributed by atoms with Crippen molar-refractivity contribution in [2.45, 2.75) is 51.1 Å². The molecule has 1 fully saturated rings. The zero-order valence-electron chi connectivity index (χ0n) is 16.4. The molecule has 0 radical (unpaired) electrons. The molecule has 1 aromatic rings. The lowest BCUT2D eigenvalue weighted by Gasteiger charge is -2.31. The Labute approximate surface area is 164 Å². The van der Waals surface area contributed by atoms with E-state index in [1.807, 2.05) is 0 Å². The van der Waals surface area contributed by atoms with Crippen molar-refractivity contribution in [3.63, 3.8) is 0 Å². The third-order valence-corrected chi connectivity index (χ3v) is 6.25. The Morgan fingerprint density at radius 2 is 1.68 bits per heavy atom. The van der Waals surface area contributed by atoms with E-state index in [-0.39, 0.29) is 17.0 Å². The van der Waals surface area contributed by atoms with E-state index >= 15 is 0 Å². The van der Waals surface area contributed by atoms with Crippen LogP contribution in [0.4, 0.5) is 13.2 Å². The summed E-state index contributed by atoms with van der Waals surface area (Å²) in [4.78, 5) is 13.4. The Morgan fingerprint density at radius 1 is 1.07 bits per heavy atom. The normalized spacial score (nSPS) is 16.8. The fourth-order valence-electron chi connectivity index (χ4n) is 3.21. The van der Waals surface area contributed by atoms with E-state index in [0.717, 1.165) is 24.2 Å². The van der Waals surface area contributed by atoms with Crippen LogP contribution >= 0.6 is 0 Å². The van der Waals surface area contributed by atoms with Gasteiger partial charge in [-0.25, -0.2) is 8.42 Å². The van der Waals surface area contributed by atoms with Crippen molar-refractivity contribution in [2.24, 2.45) is 5.41 Å². The number of rotatable bonds is 5. The molecule has 0 atom stereocenters. The highest BCUT2D eigenvalue weighted by molar-refractivity contribution is 7.89. The molecule has 28 heavy (non-hydrogen) atoms. The molecular formula is C19H27F3N2O3S. The molecule has 2 rings (SSSR count). The van der Waals surface area contributed by atoms with Crippen molar-refractivity contribution in [1.82, 2.24) is 9.21 Å². The number of amides is 1. The van der Waals surface area contributed by atoms with Crippen LogP contribution in [-0.4, -0.2) is 55.9 Å². The molecule has 9 heteroatoms. The van der Waals surface area contributed by atoms with E-state index in [9.17, 15) is 26.4 Å². The lowest BCUT2D eigenvalue weighted by atomic mass is 9.95. The van der Waals surface area contributed by atoms with Gasteiger partial charge in [0.05, 0.1) is 4.90 Å².